The molecule has 190 valence electrons. The number of hydrogen-bond acceptors (Lipinski definition) is 6. The third-order valence-electron chi connectivity index (χ3n) is 5.31. The molecule has 7 nitrogen and oxygen atoms in total. The Kier molecular flexibility index (Phi) is 7.28. The minimum Gasteiger partial charge on any atom is -0.490 e. The minimum absolute atomic E-state index is 0.0435. The van der Waals surface area contributed by atoms with Crippen LogP contribution in [0.4, 0.5) is 30.4 Å². The molecule has 2 heterocycles. The molecule has 2 N–H and O–H groups in total. The molecule has 4 rings (SSSR count). The van der Waals surface area contributed by atoms with Crippen molar-refractivity contribution in [2.24, 2.45) is 0 Å². The van der Waals surface area contributed by atoms with E-state index < -0.39 is 23.8 Å². The van der Waals surface area contributed by atoms with E-state index in [1.807, 2.05) is 0 Å². The molecule has 0 bridgehead atoms. The molecule has 0 radical (unpaired) electrons. The molecule has 11 heteroatoms. The highest BCUT2D eigenvalue weighted by molar-refractivity contribution is 6.33. The highest BCUT2D eigenvalue weighted by atomic mass is 35.5. The number of amides is 1. The standard InChI is InChI=1S/C25H23ClF3N3O4/c1-14(2)36-21-7-6-16(11-18(21)25(27,28)29)31-24(34)17-4-3-5-20-22(17)35-9-8-32(20)23-19(26)10-15(13-33)12-30-23/h3-7,10-12,14,33H,8-9,13H2,1-2H3,(H,31,34). The molecule has 1 aliphatic heterocycles. The van der Waals surface area contributed by atoms with Crippen LogP contribution in [0.1, 0.15) is 35.3 Å². The second kappa shape index (κ2) is 10.2. The molecule has 2 aromatic carbocycles. The number of pyridine rings is 1. The van der Waals surface area contributed by atoms with Crippen LogP contribution in [-0.4, -0.2) is 35.3 Å². The molecule has 0 saturated carbocycles. The van der Waals surface area contributed by atoms with E-state index in [-0.39, 0.29) is 36.0 Å². The van der Waals surface area contributed by atoms with Gasteiger partial charge in [-0.05, 0) is 55.8 Å². The summed E-state index contributed by atoms with van der Waals surface area (Å²) in [6.07, 6.45) is -3.62. The number of halogens is 4. The number of nitrogens with zero attached hydrogens (tertiary/aromatic N) is 2. The SMILES string of the molecule is CC(C)Oc1ccc(NC(=O)c2cccc3c2OCCN3c2ncc(CO)cc2Cl)cc1C(F)(F)F. The fraction of sp³-hybridized carbons (Fsp3) is 0.280. The fourth-order valence-electron chi connectivity index (χ4n) is 3.79. The lowest BCUT2D eigenvalue weighted by Gasteiger charge is -2.32. The summed E-state index contributed by atoms with van der Waals surface area (Å²) in [7, 11) is 0. The number of hydrogen-bond donors (Lipinski definition) is 2. The molecule has 0 spiro atoms. The summed E-state index contributed by atoms with van der Waals surface area (Å²) in [6.45, 7) is 3.66. The van der Waals surface area contributed by atoms with Gasteiger partial charge >= 0.3 is 6.18 Å². The van der Waals surface area contributed by atoms with E-state index in [0.29, 0.717) is 28.6 Å². The van der Waals surface area contributed by atoms with Gasteiger partial charge in [0.1, 0.15) is 12.4 Å². The van der Waals surface area contributed by atoms with Crippen molar-refractivity contribution in [3.05, 3.63) is 70.4 Å². The largest absolute Gasteiger partial charge is 0.490 e. The van der Waals surface area contributed by atoms with Crippen molar-refractivity contribution >= 4 is 34.7 Å². The van der Waals surface area contributed by atoms with Gasteiger partial charge in [0.05, 0.1) is 41.1 Å². The summed E-state index contributed by atoms with van der Waals surface area (Å²) >= 11 is 6.38. The predicted octanol–water partition coefficient (Wildman–Crippen LogP) is 5.82. The van der Waals surface area contributed by atoms with Crippen molar-refractivity contribution in [2.45, 2.75) is 32.7 Å². The van der Waals surface area contributed by atoms with Crippen LogP contribution < -0.4 is 19.7 Å². The third kappa shape index (κ3) is 5.34. The molecule has 1 aromatic heterocycles. The maximum absolute atomic E-state index is 13.6. The van der Waals surface area contributed by atoms with E-state index in [9.17, 15) is 23.1 Å². The predicted molar refractivity (Wildman–Crippen MR) is 129 cm³/mol. The average Bonchev–Trinajstić information content (AvgIpc) is 2.83. The van der Waals surface area contributed by atoms with Crippen LogP contribution in [0.15, 0.2) is 48.7 Å². The summed E-state index contributed by atoms with van der Waals surface area (Å²) in [5, 5.41) is 12.1. The Morgan fingerprint density at radius 3 is 2.72 bits per heavy atom. The van der Waals surface area contributed by atoms with Gasteiger partial charge in [-0.25, -0.2) is 4.98 Å². The van der Waals surface area contributed by atoms with Gasteiger partial charge < -0.3 is 24.8 Å². The lowest BCUT2D eigenvalue weighted by Crippen LogP contribution is -2.31. The first-order valence-corrected chi connectivity index (χ1v) is 11.4. The number of alkyl halides is 3. The smallest absolute Gasteiger partial charge is 0.420 e. The number of benzene rings is 2. The van der Waals surface area contributed by atoms with Crippen molar-refractivity contribution < 1.29 is 32.5 Å². The van der Waals surface area contributed by atoms with Crippen molar-refractivity contribution in [3.63, 3.8) is 0 Å². The van der Waals surface area contributed by atoms with Gasteiger partial charge in [-0.3, -0.25) is 4.79 Å². The quantitative estimate of drug-likeness (QED) is 0.425. The molecule has 36 heavy (non-hydrogen) atoms. The Morgan fingerprint density at radius 2 is 2.06 bits per heavy atom. The average molecular weight is 522 g/mol. The van der Waals surface area contributed by atoms with Crippen molar-refractivity contribution in [2.75, 3.05) is 23.4 Å². The Labute approximate surface area is 210 Å². The molecule has 0 saturated heterocycles. The highest BCUT2D eigenvalue weighted by Crippen LogP contribution is 2.42. The molecule has 3 aromatic rings. The van der Waals surface area contributed by atoms with Gasteiger partial charge in [-0.2, -0.15) is 13.2 Å². The minimum atomic E-state index is -4.67. The van der Waals surface area contributed by atoms with Gasteiger partial charge in [-0.15, -0.1) is 0 Å². The van der Waals surface area contributed by atoms with Crippen molar-refractivity contribution in [1.29, 1.82) is 0 Å². The third-order valence-corrected chi connectivity index (χ3v) is 5.59. The van der Waals surface area contributed by atoms with E-state index in [1.165, 1.54) is 24.4 Å². The summed E-state index contributed by atoms with van der Waals surface area (Å²) < 4.78 is 51.9. The number of fused-ring (bicyclic) bond motifs is 1. The number of rotatable bonds is 6. The number of carbonyl (C=O) groups is 1. The summed E-state index contributed by atoms with van der Waals surface area (Å²) in [5.74, 6) is -0.287. The van der Waals surface area contributed by atoms with Crippen LogP contribution in [0, 0.1) is 0 Å². The van der Waals surface area contributed by atoms with E-state index in [1.54, 1.807) is 36.9 Å². The fourth-order valence-corrected chi connectivity index (χ4v) is 4.08. The van der Waals surface area contributed by atoms with E-state index in [4.69, 9.17) is 21.1 Å². The summed E-state index contributed by atoms with van der Waals surface area (Å²) in [5.41, 5.74) is 0.179. The number of para-hydroxylation sites is 1. The topological polar surface area (TPSA) is 83.9 Å². The van der Waals surface area contributed by atoms with Crippen LogP contribution in [0.25, 0.3) is 0 Å². The second-order valence-electron chi connectivity index (χ2n) is 8.29. The number of aliphatic hydroxyl groups excluding tert-OH is 1. The first kappa shape index (κ1) is 25.6. The van der Waals surface area contributed by atoms with Gasteiger partial charge in [0.2, 0.25) is 0 Å². The Hall–Kier alpha value is -3.50. The van der Waals surface area contributed by atoms with Crippen LogP contribution in [0.5, 0.6) is 11.5 Å². The Morgan fingerprint density at radius 1 is 1.28 bits per heavy atom. The van der Waals surface area contributed by atoms with Crippen molar-refractivity contribution in [3.8, 4) is 11.5 Å². The van der Waals surface area contributed by atoms with Crippen LogP contribution in [0.3, 0.4) is 0 Å². The maximum Gasteiger partial charge on any atom is 0.420 e. The molecular formula is C25H23ClF3N3O4. The van der Waals surface area contributed by atoms with E-state index in [2.05, 4.69) is 10.3 Å². The molecular weight excluding hydrogens is 499 g/mol. The number of aliphatic hydroxyl groups is 1. The summed E-state index contributed by atoms with van der Waals surface area (Å²) in [4.78, 5) is 19.2. The van der Waals surface area contributed by atoms with Gasteiger partial charge in [0.15, 0.2) is 11.6 Å². The monoisotopic (exact) mass is 521 g/mol. The molecule has 0 aliphatic carbocycles. The molecule has 1 amide bonds. The molecule has 0 fully saturated rings. The van der Waals surface area contributed by atoms with Crippen molar-refractivity contribution in [1.82, 2.24) is 4.98 Å². The normalized spacial score (nSPS) is 13.3. The van der Waals surface area contributed by atoms with Crippen LogP contribution >= 0.6 is 11.6 Å². The molecule has 0 unspecified atom stereocenters. The number of ether oxygens (including phenoxy) is 2. The molecule has 0 atom stereocenters. The van der Waals surface area contributed by atoms with E-state index in [0.717, 1.165) is 6.07 Å². The zero-order valence-corrected chi connectivity index (χ0v) is 20.2. The first-order valence-electron chi connectivity index (χ1n) is 11.1. The second-order valence-corrected chi connectivity index (χ2v) is 8.70. The number of aromatic nitrogens is 1. The maximum atomic E-state index is 13.6. The Bertz CT molecular complexity index is 1280. The number of anilines is 3. The molecule has 1 aliphatic rings. The Balaban J connectivity index is 1.65. The zero-order valence-electron chi connectivity index (χ0n) is 19.4. The lowest BCUT2D eigenvalue weighted by molar-refractivity contribution is -0.139. The van der Waals surface area contributed by atoms with Gasteiger partial charge in [0.25, 0.3) is 5.91 Å². The van der Waals surface area contributed by atoms with Gasteiger partial charge in [-0.1, -0.05) is 17.7 Å². The number of nitrogens with one attached hydrogen (secondary N) is 1. The van der Waals surface area contributed by atoms with Crippen LogP contribution in [-0.2, 0) is 12.8 Å². The van der Waals surface area contributed by atoms with Crippen LogP contribution in [0.2, 0.25) is 5.02 Å². The summed E-state index contributed by atoms with van der Waals surface area (Å²) in [6, 6.07) is 9.84. The zero-order chi connectivity index (χ0) is 26.0. The first-order chi connectivity index (χ1) is 17.1. The van der Waals surface area contributed by atoms with Gasteiger partial charge in [0, 0.05) is 11.9 Å². The number of carbonyl (C=O) groups excluding carboxylic acids is 1. The van der Waals surface area contributed by atoms with E-state index >= 15 is 0 Å². The lowest BCUT2D eigenvalue weighted by atomic mass is 10.1. The highest BCUT2D eigenvalue weighted by Gasteiger charge is 2.35.